The monoisotopic (exact) mass is 586 g/mol. The van der Waals surface area contributed by atoms with Gasteiger partial charge in [-0.3, -0.25) is 14.4 Å². The molecule has 4 aromatic rings. The largest absolute Gasteiger partial charge is 0.465 e. The van der Waals surface area contributed by atoms with Gasteiger partial charge < -0.3 is 14.8 Å². The first-order chi connectivity index (χ1) is 21.4. The van der Waals surface area contributed by atoms with Crippen molar-refractivity contribution >= 4 is 41.0 Å². The van der Waals surface area contributed by atoms with E-state index in [1.54, 1.807) is 18.2 Å². The highest BCUT2D eigenvalue weighted by Gasteiger charge is 2.62. The molecule has 8 rings (SSSR count). The van der Waals surface area contributed by atoms with Crippen molar-refractivity contribution in [2.24, 2.45) is 11.8 Å². The molecule has 1 heterocycles. The van der Waals surface area contributed by atoms with Crippen LogP contribution >= 0.6 is 0 Å². The number of methoxy groups -OCH3 is 1. The Kier molecular flexibility index (Phi) is 6.58. The van der Waals surface area contributed by atoms with Crippen LogP contribution in [0.2, 0.25) is 0 Å². The number of imide groups is 1. The summed E-state index contributed by atoms with van der Waals surface area (Å²) in [6.45, 7) is -0.603. The summed E-state index contributed by atoms with van der Waals surface area (Å²) in [5.74, 6) is -4.41. The van der Waals surface area contributed by atoms with E-state index in [2.05, 4.69) is 10.1 Å². The van der Waals surface area contributed by atoms with Gasteiger partial charge in [-0.1, -0.05) is 60.7 Å². The van der Waals surface area contributed by atoms with Gasteiger partial charge in [-0.05, 0) is 58.7 Å². The molecule has 3 amide bonds. The number of para-hydroxylation sites is 1. The lowest BCUT2D eigenvalue weighted by Crippen LogP contribution is -2.41. The van der Waals surface area contributed by atoms with E-state index in [1.807, 2.05) is 48.5 Å². The molecular formula is C35H26N2O7. The van der Waals surface area contributed by atoms with Crippen LogP contribution in [0.4, 0.5) is 11.4 Å². The zero-order chi connectivity index (χ0) is 30.5. The van der Waals surface area contributed by atoms with Crippen molar-refractivity contribution in [3.8, 4) is 0 Å². The number of amides is 3. The summed E-state index contributed by atoms with van der Waals surface area (Å²) >= 11 is 0. The molecule has 0 aromatic heterocycles. The lowest BCUT2D eigenvalue weighted by atomic mass is 9.55. The number of hydrogen-bond donors (Lipinski definition) is 1. The van der Waals surface area contributed by atoms with Gasteiger partial charge in [-0.2, -0.15) is 0 Å². The third-order valence-corrected chi connectivity index (χ3v) is 8.74. The molecule has 1 aliphatic heterocycles. The van der Waals surface area contributed by atoms with E-state index in [0.29, 0.717) is 11.3 Å². The normalized spacial score (nSPS) is 20.8. The van der Waals surface area contributed by atoms with Gasteiger partial charge in [0.05, 0.1) is 35.8 Å². The standard InChI is InChI=1S/C35H26N2O7/c1-43-34(41)19-14-16-20(17-15-19)36-27(38)18-44-35(42)25-12-6-7-13-26(25)37-32(39)30-28-21-8-2-3-9-22(21)29(31(30)33(37)40)24-11-5-4-10-23(24)28/h2-17,28-31H,18H2,1H3,(H,36,38)/t28?,29?,30-,31-/m0/s1. The van der Waals surface area contributed by atoms with Crippen LogP contribution in [0.1, 0.15) is 54.8 Å². The van der Waals surface area contributed by atoms with Crippen molar-refractivity contribution in [3.63, 3.8) is 0 Å². The molecule has 1 N–H and O–H groups in total. The van der Waals surface area contributed by atoms with Crippen LogP contribution in [-0.2, 0) is 23.9 Å². The van der Waals surface area contributed by atoms with Crippen LogP contribution in [0, 0.1) is 11.8 Å². The molecule has 2 bridgehead atoms. The van der Waals surface area contributed by atoms with E-state index in [9.17, 15) is 24.0 Å². The summed E-state index contributed by atoms with van der Waals surface area (Å²) in [7, 11) is 1.27. The molecule has 0 spiro atoms. The minimum absolute atomic E-state index is 0.00505. The minimum atomic E-state index is -0.846. The van der Waals surface area contributed by atoms with Gasteiger partial charge in [0.1, 0.15) is 0 Å². The molecule has 4 aliphatic rings. The fraction of sp³-hybridized carbons (Fsp3) is 0.171. The second kappa shape index (κ2) is 10.6. The second-order valence-corrected chi connectivity index (χ2v) is 11.0. The first kappa shape index (κ1) is 27.3. The number of anilines is 2. The predicted octanol–water partition coefficient (Wildman–Crippen LogP) is 4.67. The maximum absolute atomic E-state index is 14.1. The van der Waals surface area contributed by atoms with Gasteiger partial charge in [-0.25, -0.2) is 14.5 Å². The third-order valence-electron chi connectivity index (χ3n) is 8.74. The topological polar surface area (TPSA) is 119 Å². The smallest absolute Gasteiger partial charge is 0.340 e. The molecule has 1 saturated heterocycles. The molecule has 0 saturated carbocycles. The number of ether oxygens (including phenoxy) is 2. The zero-order valence-corrected chi connectivity index (χ0v) is 23.6. The first-order valence-corrected chi connectivity index (χ1v) is 14.2. The maximum Gasteiger partial charge on any atom is 0.340 e. The summed E-state index contributed by atoms with van der Waals surface area (Å²) in [5.41, 5.74) is 5.07. The molecule has 44 heavy (non-hydrogen) atoms. The summed E-state index contributed by atoms with van der Waals surface area (Å²) in [4.78, 5) is 66.8. The minimum Gasteiger partial charge on any atom is -0.465 e. The number of nitrogens with zero attached hydrogens (tertiary/aromatic N) is 1. The second-order valence-electron chi connectivity index (χ2n) is 11.0. The van der Waals surface area contributed by atoms with Gasteiger partial charge in [0, 0.05) is 17.5 Å². The molecule has 4 aromatic carbocycles. The lowest BCUT2D eigenvalue weighted by molar-refractivity contribution is -0.122. The van der Waals surface area contributed by atoms with Crippen LogP contribution in [0.5, 0.6) is 0 Å². The fourth-order valence-corrected chi connectivity index (χ4v) is 6.97. The third kappa shape index (κ3) is 4.19. The van der Waals surface area contributed by atoms with Crippen molar-refractivity contribution in [2.75, 3.05) is 23.9 Å². The van der Waals surface area contributed by atoms with E-state index in [-0.39, 0.29) is 34.9 Å². The number of benzene rings is 4. The predicted molar refractivity (Wildman–Crippen MR) is 159 cm³/mol. The van der Waals surface area contributed by atoms with Crippen LogP contribution in [0.25, 0.3) is 0 Å². The maximum atomic E-state index is 14.1. The van der Waals surface area contributed by atoms with Crippen molar-refractivity contribution < 1.29 is 33.4 Å². The first-order valence-electron chi connectivity index (χ1n) is 14.2. The number of nitrogens with one attached hydrogen (secondary N) is 1. The van der Waals surface area contributed by atoms with Crippen LogP contribution < -0.4 is 10.2 Å². The number of esters is 2. The van der Waals surface area contributed by atoms with Gasteiger partial charge in [0.15, 0.2) is 6.61 Å². The summed E-state index contributed by atoms with van der Waals surface area (Å²) in [6.07, 6.45) is 0. The van der Waals surface area contributed by atoms with Crippen molar-refractivity contribution in [1.82, 2.24) is 0 Å². The Bertz CT molecular complexity index is 1750. The van der Waals surface area contributed by atoms with Crippen molar-refractivity contribution in [3.05, 3.63) is 130 Å². The zero-order valence-electron chi connectivity index (χ0n) is 23.6. The number of carbonyl (C=O) groups excluding carboxylic acids is 5. The number of rotatable bonds is 6. The molecule has 0 radical (unpaired) electrons. The summed E-state index contributed by atoms with van der Waals surface area (Å²) < 4.78 is 9.98. The molecule has 1 fully saturated rings. The van der Waals surface area contributed by atoms with E-state index >= 15 is 0 Å². The Morgan fingerprint density at radius 2 is 1.18 bits per heavy atom. The summed E-state index contributed by atoms with van der Waals surface area (Å²) in [5, 5.41) is 2.60. The molecule has 9 nitrogen and oxygen atoms in total. The summed E-state index contributed by atoms with van der Waals surface area (Å²) in [6, 6.07) is 28.3. The molecule has 2 atom stereocenters. The Morgan fingerprint density at radius 1 is 0.682 bits per heavy atom. The fourth-order valence-electron chi connectivity index (χ4n) is 6.97. The quantitative estimate of drug-likeness (QED) is 0.258. The van der Waals surface area contributed by atoms with Gasteiger partial charge >= 0.3 is 11.9 Å². The highest BCUT2D eigenvalue weighted by atomic mass is 16.5. The van der Waals surface area contributed by atoms with Gasteiger partial charge in [0.25, 0.3) is 5.91 Å². The van der Waals surface area contributed by atoms with E-state index in [0.717, 1.165) is 27.2 Å². The molecule has 9 heteroatoms. The van der Waals surface area contributed by atoms with E-state index in [1.165, 1.54) is 37.4 Å². The Labute approximate surface area is 252 Å². The average Bonchev–Trinajstić information content (AvgIpc) is 3.33. The van der Waals surface area contributed by atoms with Gasteiger partial charge in [0.2, 0.25) is 11.8 Å². The van der Waals surface area contributed by atoms with Crippen molar-refractivity contribution in [1.29, 1.82) is 0 Å². The molecule has 3 aliphatic carbocycles. The Balaban J connectivity index is 1.12. The molecule has 218 valence electrons. The molecule has 0 unspecified atom stereocenters. The lowest BCUT2D eigenvalue weighted by Gasteiger charge is -2.45. The van der Waals surface area contributed by atoms with Crippen LogP contribution in [0.15, 0.2) is 97.1 Å². The van der Waals surface area contributed by atoms with Crippen LogP contribution in [-0.4, -0.2) is 43.4 Å². The molecular weight excluding hydrogens is 560 g/mol. The van der Waals surface area contributed by atoms with Gasteiger partial charge in [-0.15, -0.1) is 0 Å². The Morgan fingerprint density at radius 3 is 1.70 bits per heavy atom. The average molecular weight is 587 g/mol. The van der Waals surface area contributed by atoms with Crippen molar-refractivity contribution in [2.45, 2.75) is 11.8 Å². The number of hydrogen-bond acceptors (Lipinski definition) is 7. The number of carbonyl (C=O) groups is 5. The van der Waals surface area contributed by atoms with E-state index < -0.39 is 36.3 Å². The highest BCUT2D eigenvalue weighted by Crippen LogP contribution is 2.61. The SMILES string of the molecule is COC(=O)c1ccc(NC(=O)COC(=O)c2ccccc2N2C(=O)[C@H]3C4c5ccccc5C(c5ccccc54)[C@@H]3C2=O)cc1. The van der Waals surface area contributed by atoms with Crippen LogP contribution in [0.3, 0.4) is 0 Å². The Hall–Kier alpha value is -5.57. The highest BCUT2D eigenvalue weighted by molar-refractivity contribution is 6.25. The van der Waals surface area contributed by atoms with E-state index in [4.69, 9.17) is 4.74 Å².